The number of aryl methyl sites for hydroxylation is 1. The molecule has 4 rings (SSSR count). The zero-order valence-corrected chi connectivity index (χ0v) is 17.1. The van der Waals surface area contributed by atoms with Gasteiger partial charge in [0.2, 0.25) is 0 Å². The van der Waals surface area contributed by atoms with Gasteiger partial charge in [-0.25, -0.2) is 9.97 Å². The highest BCUT2D eigenvalue weighted by Crippen LogP contribution is 2.32. The molecule has 142 valence electrons. The van der Waals surface area contributed by atoms with E-state index in [1.54, 1.807) is 30.8 Å². The third-order valence-electron chi connectivity index (χ3n) is 4.41. The molecule has 5 nitrogen and oxygen atoms in total. The van der Waals surface area contributed by atoms with Gasteiger partial charge in [-0.05, 0) is 42.3 Å². The lowest BCUT2D eigenvalue weighted by Gasteiger charge is -2.10. The molecular weight excluding hydrogens is 392 g/mol. The Morgan fingerprint density at radius 3 is 2.64 bits per heavy atom. The van der Waals surface area contributed by atoms with Crippen molar-refractivity contribution >= 4 is 39.0 Å². The molecule has 0 atom stereocenters. The summed E-state index contributed by atoms with van der Waals surface area (Å²) in [5.74, 6) is 2.18. The molecule has 0 saturated heterocycles. The number of hydrogen-bond acceptors (Lipinski definition) is 6. The van der Waals surface area contributed by atoms with Gasteiger partial charge in [0.05, 0.1) is 17.5 Å². The molecule has 28 heavy (non-hydrogen) atoms. The van der Waals surface area contributed by atoms with E-state index in [4.69, 9.17) is 26.3 Å². The van der Waals surface area contributed by atoms with Crippen molar-refractivity contribution in [1.29, 1.82) is 0 Å². The Hall–Kier alpha value is -2.70. The summed E-state index contributed by atoms with van der Waals surface area (Å²) in [5, 5.41) is 5.09. The lowest BCUT2D eigenvalue weighted by atomic mass is 10.2. The van der Waals surface area contributed by atoms with Crippen LogP contribution in [0, 0.1) is 0 Å². The summed E-state index contributed by atoms with van der Waals surface area (Å²) in [7, 11) is 1.61. The van der Waals surface area contributed by atoms with E-state index < -0.39 is 0 Å². The summed E-state index contributed by atoms with van der Waals surface area (Å²) < 4.78 is 5.22. The standard InChI is InChI=1S/C21H19ClN4OS/c1-3-15-11-16-20(24-12-13-4-5-18(27-2)17(22)10-13)25-19(26-21(16)28-15)14-6-8-23-9-7-14/h4-11H,3,12H2,1-2H3,(H,24,25,26). The number of hydrogen-bond donors (Lipinski definition) is 1. The van der Waals surface area contributed by atoms with Crippen LogP contribution in [-0.2, 0) is 13.0 Å². The minimum Gasteiger partial charge on any atom is -0.495 e. The smallest absolute Gasteiger partial charge is 0.163 e. The zero-order valence-electron chi connectivity index (χ0n) is 15.6. The first-order valence-corrected chi connectivity index (χ1v) is 10.1. The molecule has 0 amide bonds. The molecule has 0 aliphatic carbocycles. The van der Waals surface area contributed by atoms with Crippen molar-refractivity contribution in [3.63, 3.8) is 0 Å². The summed E-state index contributed by atoms with van der Waals surface area (Å²) in [5.41, 5.74) is 1.99. The van der Waals surface area contributed by atoms with Crippen LogP contribution in [0.15, 0.2) is 48.8 Å². The number of ether oxygens (including phenoxy) is 1. The van der Waals surface area contributed by atoms with E-state index in [1.165, 1.54) is 4.88 Å². The normalized spacial score (nSPS) is 11.0. The number of benzene rings is 1. The SMILES string of the molecule is CCc1cc2c(NCc3ccc(OC)c(Cl)c3)nc(-c3ccncc3)nc2s1. The second-order valence-corrected chi connectivity index (χ2v) is 7.76. The highest BCUT2D eigenvalue weighted by atomic mass is 35.5. The lowest BCUT2D eigenvalue weighted by molar-refractivity contribution is 0.415. The fraction of sp³-hybridized carbons (Fsp3) is 0.190. The quantitative estimate of drug-likeness (QED) is 0.449. The Kier molecular flexibility index (Phi) is 5.41. The third-order valence-corrected chi connectivity index (χ3v) is 5.88. The lowest BCUT2D eigenvalue weighted by Crippen LogP contribution is -2.04. The fourth-order valence-corrected chi connectivity index (χ4v) is 4.16. The monoisotopic (exact) mass is 410 g/mol. The highest BCUT2D eigenvalue weighted by Gasteiger charge is 2.13. The molecule has 0 aliphatic heterocycles. The number of halogens is 1. The minimum atomic E-state index is 0.593. The Labute approximate surface area is 172 Å². The molecule has 3 heterocycles. The van der Waals surface area contributed by atoms with Gasteiger partial charge in [-0.15, -0.1) is 11.3 Å². The van der Waals surface area contributed by atoms with Crippen LogP contribution < -0.4 is 10.1 Å². The van der Waals surface area contributed by atoms with Crippen LogP contribution in [0.25, 0.3) is 21.6 Å². The van der Waals surface area contributed by atoms with Gasteiger partial charge in [-0.2, -0.15) is 0 Å². The summed E-state index contributed by atoms with van der Waals surface area (Å²) in [6, 6.07) is 11.8. The maximum Gasteiger partial charge on any atom is 0.163 e. The van der Waals surface area contributed by atoms with Crippen LogP contribution in [0.3, 0.4) is 0 Å². The van der Waals surface area contributed by atoms with E-state index in [0.717, 1.165) is 33.6 Å². The van der Waals surface area contributed by atoms with Gasteiger partial charge in [-0.1, -0.05) is 24.6 Å². The number of fused-ring (bicyclic) bond motifs is 1. The van der Waals surface area contributed by atoms with Crippen LogP contribution in [0.2, 0.25) is 5.02 Å². The molecule has 1 N–H and O–H groups in total. The number of pyridine rings is 1. The van der Waals surface area contributed by atoms with E-state index in [1.807, 2.05) is 30.3 Å². The molecule has 3 aromatic heterocycles. The highest BCUT2D eigenvalue weighted by molar-refractivity contribution is 7.18. The van der Waals surface area contributed by atoms with E-state index in [9.17, 15) is 0 Å². The van der Waals surface area contributed by atoms with Crippen LogP contribution in [0.1, 0.15) is 17.4 Å². The number of thiophene rings is 1. The van der Waals surface area contributed by atoms with Gasteiger partial charge < -0.3 is 10.1 Å². The number of rotatable bonds is 6. The topological polar surface area (TPSA) is 59.9 Å². The van der Waals surface area contributed by atoms with Crippen molar-refractivity contribution in [3.05, 3.63) is 64.3 Å². The molecule has 0 saturated carbocycles. The molecule has 0 bridgehead atoms. The molecule has 0 spiro atoms. The van der Waals surface area contributed by atoms with E-state index in [-0.39, 0.29) is 0 Å². The van der Waals surface area contributed by atoms with Crippen molar-refractivity contribution in [2.24, 2.45) is 0 Å². The average molecular weight is 411 g/mol. The van der Waals surface area contributed by atoms with Crippen LogP contribution in [-0.4, -0.2) is 22.1 Å². The van der Waals surface area contributed by atoms with Crippen molar-refractivity contribution in [3.8, 4) is 17.1 Å². The van der Waals surface area contributed by atoms with Gasteiger partial charge in [-0.3, -0.25) is 4.98 Å². The molecule has 7 heteroatoms. The molecule has 4 aromatic rings. The van der Waals surface area contributed by atoms with Crippen molar-refractivity contribution in [2.45, 2.75) is 19.9 Å². The molecule has 0 radical (unpaired) electrons. The van der Waals surface area contributed by atoms with Crippen molar-refractivity contribution in [1.82, 2.24) is 15.0 Å². The minimum absolute atomic E-state index is 0.593. The number of nitrogens with zero attached hydrogens (tertiary/aromatic N) is 3. The van der Waals surface area contributed by atoms with Gasteiger partial charge in [0.25, 0.3) is 0 Å². The molecule has 0 unspecified atom stereocenters. The van der Waals surface area contributed by atoms with E-state index >= 15 is 0 Å². The summed E-state index contributed by atoms with van der Waals surface area (Å²) >= 11 is 7.96. The number of anilines is 1. The molecule has 0 aliphatic rings. The van der Waals surface area contributed by atoms with Gasteiger partial charge >= 0.3 is 0 Å². The summed E-state index contributed by atoms with van der Waals surface area (Å²) in [6.45, 7) is 2.75. The predicted octanol–water partition coefficient (Wildman–Crippen LogP) is 5.59. The fourth-order valence-electron chi connectivity index (χ4n) is 2.92. The molecule has 1 aromatic carbocycles. The first kappa shape index (κ1) is 18.7. The van der Waals surface area contributed by atoms with Gasteiger partial charge in [0, 0.05) is 29.4 Å². The Morgan fingerprint density at radius 1 is 1.11 bits per heavy atom. The second kappa shape index (κ2) is 8.12. The second-order valence-electron chi connectivity index (χ2n) is 6.24. The van der Waals surface area contributed by atoms with Crippen LogP contribution in [0.4, 0.5) is 5.82 Å². The first-order valence-electron chi connectivity index (χ1n) is 8.95. The third kappa shape index (κ3) is 3.79. The number of aromatic nitrogens is 3. The number of methoxy groups -OCH3 is 1. The van der Waals surface area contributed by atoms with E-state index in [0.29, 0.717) is 23.1 Å². The Balaban J connectivity index is 1.70. The Morgan fingerprint density at radius 2 is 1.93 bits per heavy atom. The number of nitrogens with one attached hydrogen (secondary N) is 1. The van der Waals surface area contributed by atoms with E-state index in [2.05, 4.69) is 23.3 Å². The van der Waals surface area contributed by atoms with Crippen molar-refractivity contribution < 1.29 is 4.74 Å². The maximum atomic E-state index is 6.25. The van der Waals surface area contributed by atoms with Crippen LogP contribution >= 0.6 is 22.9 Å². The zero-order chi connectivity index (χ0) is 19.5. The van der Waals surface area contributed by atoms with Crippen molar-refractivity contribution in [2.75, 3.05) is 12.4 Å². The summed E-state index contributed by atoms with van der Waals surface area (Å²) in [4.78, 5) is 15.9. The Bertz CT molecular complexity index is 1110. The average Bonchev–Trinajstić information content (AvgIpc) is 3.16. The molecule has 0 fully saturated rings. The molecular formula is C21H19ClN4OS. The first-order chi connectivity index (χ1) is 13.7. The van der Waals surface area contributed by atoms with Gasteiger partial charge in [0.15, 0.2) is 5.82 Å². The maximum absolute atomic E-state index is 6.25. The predicted molar refractivity (Wildman–Crippen MR) is 115 cm³/mol. The van der Waals surface area contributed by atoms with Crippen LogP contribution in [0.5, 0.6) is 5.75 Å². The van der Waals surface area contributed by atoms with Gasteiger partial charge in [0.1, 0.15) is 16.4 Å². The summed E-state index contributed by atoms with van der Waals surface area (Å²) in [6.07, 6.45) is 4.47. The largest absolute Gasteiger partial charge is 0.495 e.